The first kappa shape index (κ1) is 18.3. The summed E-state index contributed by atoms with van der Waals surface area (Å²) < 4.78 is 16.4. The average molecular weight is 381 g/mol. The minimum atomic E-state index is -0.409. The van der Waals surface area contributed by atoms with Crippen LogP contribution in [0.1, 0.15) is 32.1 Å². The van der Waals surface area contributed by atoms with E-state index in [1.165, 1.54) is 12.8 Å². The second kappa shape index (κ2) is 7.92. The molecule has 1 aliphatic carbocycles. The summed E-state index contributed by atoms with van der Waals surface area (Å²) in [5, 5.41) is 4.64. The highest BCUT2D eigenvalue weighted by Gasteiger charge is 2.20. The fourth-order valence-electron chi connectivity index (χ4n) is 3.86. The van der Waals surface area contributed by atoms with Crippen LogP contribution in [0, 0.1) is 5.92 Å². The molecular weight excluding hydrogens is 358 g/mol. The van der Waals surface area contributed by atoms with Gasteiger partial charge in [0.25, 0.3) is 5.91 Å². The van der Waals surface area contributed by atoms with E-state index in [9.17, 15) is 9.59 Å². The molecule has 146 valence electrons. The molecule has 0 unspecified atom stereocenters. The number of hydrogen-bond donors (Lipinski definition) is 1. The lowest BCUT2D eigenvalue weighted by Crippen LogP contribution is -2.22. The third-order valence-corrected chi connectivity index (χ3v) is 5.27. The van der Waals surface area contributed by atoms with Gasteiger partial charge in [0.15, 0.2) is 6.61 Å². The van der Waals surface area contributed by atoms with Gasteiger partial charge < -0.3 is 19.2 Å². The topological polar surface area (TPSA) is 77.8 Å². The third kappa shape index (κ3) is 3.81. The van der Waals surface area contributed by atoms with Crippen LogP contribution in [0.5, 0.6) is 5.75 Å². The summed E-state index contributed by atoms with van der Waals surface area (Å²) in [6.45, 7) is -0.313. The number of esters is 1. The number of benzene rings is 2. The molecule has 1 N–H and O–H groups in total. The van der Waals surface area contributed by atoms with Crippen molar-refractivity contribution < 1.29 is 23.5 Å². The Morgan fingerprint density at radius 1 is 1.11 bits per heavy atom. The van der Waals surface area contributed by atoms with E-state index in [0.717, 1.165) is 29.2 Å². The van der Waals surface area contributed by atoms with Gasteiger partial charge in [0.1, 0.15) is 16.9 Å². The molecule has 0 atom stereocenters. The summed E-state index contributed by atoms with van der Waals surface area (Å²) in [6, 6.07) is 11.3. The molecule has 0 spiro atoms. The Hall–Kier alpha value is -3.02. The summed E-state index contributed by atoms with van der Waals surface area (Å²) in [4.78, 5) is 24.2. The van der Waals surface area contributed by atoms with Crippen molar-refractivity contribution in [2.24, 2.45) is 5.92 Å². The van der Waals surface area contributed by atoms with Crippen LogP contribution in [0.15, 0.2) is 40.8 Å². The van der Waals surface area contributed by atoms with Crippen LogP contribution in [0.2, 0.25) is 0 Å². The lowest BCUT2D eigenvalue weighted by atomic mass is 10.1. The zero-order valence-electron chi connectivity index (χ0n) is 15.8. The first-order chi connectivity index (χ1) is 13.6. The Morgan fingerprint density at radius 2 is 1.89 bits per heavy atom. The molecule has 4 rings (SSSR count). The molecule has 2 aromatic carbocycles. The molecule has 0 saturated heterocycles. The van der Waals surface area contributed by atoms with E-state index in [2.05, 4.69) is 5.32 Å². The summed E-state index contributed by atoms with van der Waals surface area (Å²) in [5.74, 6) is 0.186. The number of anilines is 1. The monoisotopic (exact) mass is 381 g/mol. The number of rotatable bonds is 6. The Bertz CT molecular complexity index is 1020. The molecule has 1 fully saturated rings. The highest BCUT2D eigenvalue weighted by molar-refractivity contribution is 6.07. The van der Waals surface area contributed by atoms with Crippen molar-refractivity contribution in [1.29, 1.82) is 0 Å². The third-order valence-electron chi connectivity index (χ3n) is 5.27. The fourth-order valence-corrected chi connectivity index (χ4v) is 3.86. The number of nitrogens with one attached hydrogen (secondary N) is 1. The molecule has 28 heavy (non-hydrogen) atoms. The molecule has 1 aliphatic rings. The maximum Gasteiger partial charge on any atom is 0.306 e. The Balaban J connectivity index is 1.45. The lowest BCUT2D eigenvalue weighted by molar-refractivity contribution is -0.148. The smallest absolute Gasteiger partial charge is 0.306 e. The summed E-state index contributed by atoms with van der Waals surface area (Å²) in [7, 11) is 1.54. The predicted molar refractivity (Wildman–Crippen MR) is 106 cm³/mol. The van der Waals surface area contributed by atoms with Crippen LogP contribution in [0.25, 0.3) is 21.9 Å². The van der Waals surface area contributed by atoms with Crippen LogP contribution >= 0.6 is 0 Å². The van der Waals surface area contributed by atoms with Crippen molar-refractivity contribution in [2.75, 3.05) is 19.0 Å². The fraction of sp³-hybridized carbons (Fsp3) is 0.364. The quantitative estimate of drug-likeness (QED) is 0.629. The first-order valence-corrected chi connectivity index (χ1v) is 9.59. The van der Waals surface area contributed by atoms with Gasteiger partial charge in [0.05, 0.1) is 12.8 Å². The van der Waals surface area contributed by atoms with Crippen LogP contribution in [0.3, 0.4) is 0 Å². The molecule has 0 radical (unpaired) electrons. The van der Waals surface area contributed by atoms with Crippen molar-refractivity contribution in [3.05, 3.63) is 36.4 Å². The minimum Gasteiger partial charge on any atom is -0.495 e. The van der Waals surface area contributed by atoms with Gasteiger partial charge in [-0.1, -0.05) is 31.0 Å². The first-order valence-electron chi connectivity index (χ1n) is 9.59. The Labute approximate surface area is 162 Å². The number of hydrogen-bond acceptors (Lipinski definition) is 5. The van der Waals surface area contributed by atoms with E-state index < -0.39 is 5.91 Å². The van der Waals surface area contributed by atoms with Gasteiger partial charge in [0, 0.05) is 23.3 Å². The molecule has 6 heteroatoms. The second-order valence-electron chi connectivity index (χ2n) is 7.21. The highest BCUT2D eigenvalue weighted by Crippen LogP contribution is 2.36. The van der Waals surface area contributed by atoms with E-state index in [4.69, 9.17) is 13.9 Å². The molecule has 6 nitrogen and oxygen atoms in total. The molecule has 3 aromatic rings. The summed E-state index contributed by atoms with van der Waals surface area (Å²) in [5.41, 5.74) is 1.89. The van der Waals surface area contributed by atoms with Crippen LogP contribution in [-0.4, -0.2) is 25.6 Å². The summed E-state index contributed by atoms with van der Waals surface area (Å²) in [6.07, 6.45) is 4.86. The van der Waals surface area contributed by atoms with E-state index in [-0.39, 0.29) is 12.6 Å². The van der Waals surface area contributed by atoms with Gasteiger partial charge in [-0.15, -0.1) is 0 Å². The predicted octanol–water partition coefficient (Wildman–Crippen LogP) is 4.66. The molecule has 1 amide bonds. The number of fused-ring (bicyclic) bond motifs is 3. The SMILES string of the molecule is COc1cc2c(cc1NC(=O)COC(=O)CC1CCCC1)oc1ccccc12. The normalized spacial score (nSPS) is 14.5. The van der Waals surface area contributed by atoms with Gasteiger partial charge in [0.2, 0.25) is 0 Å². The van der Waals surface area contributed by atoms with Gasteiger partial charge in [-0.2, -0.15) is 0 Å². The largest absolute Gasteiger partial charge is 0.495 e. The molecular formula is C22H23NO5. The molecule has 1 saturated carbocycles. The van der Waals surface area contributed by atoms with Crippen LogP contribution in [-0.2, 0) is 14.3 Å². The number of amides is 1. The molecule has 1 aromatic heterocycles. The van der Waals surface area contributed by atoms with E-state index in [1.807, 2.05) is 30.3 Å². The maximum absolute atomic E-state index is 12.3. The zero-order valence-corrected chi connectivity index (χ0v) is 15.8. The average Bonchev–Trinajstić information content (AvgIpc) is 3.32. The van der Waals surface area contributed by atoms with Crippen molar-refractivity contribution >= 4 is 39.5 Å². The van der Waals surface area contributed by atoms with Crippen molar-refractivity contribution in [1.82, 2.24) is 0 Å². The van der Waals surface area contributed by atoms with Gasteiger partial charge >= 0.3 is 5.97 Å². The summed E-state index contributed by atoms with van der Waals surface area (Å²) >= 11 is 0. The Kier molecular flexibility index (Phi) is 5.19. The Morgan fingerprint density at radius 3 is 2.68 bits per heavy atom. The number of para-hydroxylation sites is 1. The van der Waals surface area contributed by atoms with E-state index >= 15 is 0 Å². The van der Waals surface area contributed by atoms with Crippen molar-refractivity contribution in [3.8, 4) is 5.75 Å². The molecule has 0 aliphatic heterocycles. The lowest BCUT2D eigenvalue weighted by Gasteiger charge is -2.11. The van der Waals surface area contributed by atoms with Crippen LogP contribution < -0.4 is 10.1 Å². The number of carbonyl (C=O) groups excluding carboxylic acids is 2. The van der Waals surface area contributed by atoms with Gasteiger partial charge in [-0.3, -0.25) is 9.59 Å². The standard InChI is InChI=1S/C22H23NO5/c1-26-20-11-16-15-8-4-5-9-18(15)28-19(16)12-17(20)23-21(24)13-27-22(25)10-14-6-2-3-7-14/h4-5,8-9,11-12,14H,2-3,6-7,10,13H2,1H3,(H,23,24). The molecule has 0 bridgehead atoms. The zero-order chi connectivity index (χ0) is 19.5. The van der Waals surface area contributed by atoms with Crippen LogP contribution in [0.4, 0.5) is 5.69 Å². The minimum absolute atomic E-state index is 0.313. The van der Waals surface area contributed by atoms with Crippen molar-refractivity contribution in [2.45, 2.75) is 32.1 Å². The second-order valence-corrected chi connectivity index (χ2v) is 7.21. The number of methoxy groups -OCH3 is 1. The number of carbonyl (C=O) groups is 2. The maximum atomic E-state index is 12.3. The molecule has 1 heterocycles. The number of furan rings is 1. The van der Waals surface area contributed by atoms with E-state index in [1.54, 1.807) is 13.2 Å². The number of ether oxygens (including phenoxy) is 2. The van der Waals surface area contributed by atoms with Gasteiger partial charge in [-0.25, -0.2) is 0 Å². The van der Waals surface area contributed by atoms with Crippen molar-refractivity contribution in [3.63, 3.8) is 0 Å². The highest BCUT2D eigenvalue weighted by atomic mass is 16.5. The van der Waals surface area contributed by atoms with E-state index in [0.29, 0.717) is 29.4 Å². The van der Waals surface area contributed by atoms with Gasteiger partial charge in [-0.05, 0) is 30.9 Å².